The van der Waals surface area contributed by atoms with Crippen molar-refractivity contribution in [2.75, 3.05) is 6.61 Å². The van der Waals surface area contributed by atoms with Crippen LogP contribution in [0.2, 0.25) is 0 Å². The Balaban J connectivity index is 3.00. The van der Waals surface area contributed by atoms with Gasteiger partial charge in [-0.25, -0.2) is 0 Å². The first-order valence-corrected chi connectivity index (χ1v) is 5.76. The third-order valence-electron chi connectivity index (χ3n) is 2.78. The minimum atomic E-state index is 0.398. The van der Waals surface area contributed by atoms with Crippen LogP contribution in [0.25, 0.3) is 0 Å². The summed E-state index contributed by atoms with van der Waals surface area (Å²) in [6, 6.07) is 1.86. The summed E-state index contributed by atoms with van der Waals surface area (Å²) >= 11 is 0. The number of carbonyl (C=O) groups is 1. The van der Waals surface area contributed by atoms with Gasteiger partial charge in [0.2, 0.25) is 0 Å². The van der Waals surface area contributed by atoms with Gasteiger partial charge in [0.1, 0.15) is 18.6 Å². The number of benzene rings is 1. The van der Waals surface area contributed by atoms with Crippen molar-refractivity contribution in [1.82, 2.24) is 0 Å². The molecule has 0 saturated heterocycles. The molecule has 0 amide bonds. The van der Waals surface area contributed by atoms with Crippen molar-refractivity contribution in [3.8, 4) is 17.6 Å². The quantitative estimate of drug-likeness (QED) is 0.588. The standard InChI is InChI=1S/C15H18O2/c1-5-6-7-8-17-15-11(2)9-14(10-16)12(3)13(15)4/h9-10H,5,8H2,1-4H3. The van der Waals surface area contributed by atoms with E-state index in [9.17, 15) is 4.79 Å². The average Bonchev–Trinajstić information content (AvgIpc) is 2.32. The zero-order chi connectivity index (χ0) is 12.8. The van der Waals surface area contributed by atoms with Crippen LogP contribution in [0.4, 0.5) is 0 Å². The molecule has 90 valence electrons. The summed E-state index contributed by atoms with van der Waals surface area (Å²) in [7, 11) is 0. The second kappa shape index (κ2) is 6.10. The molecule has 17 heavy (non-hydrogen) atoms. The van der Waals surface area contributed by atoms with E-state index in [1.54, 1.807) is 0 Å². The van der Waals surface area contributed by atoms with Crippen molar-refractivity contribution in [3.05, 3.63) is 28.3 Å². The maximum atomic E-state index is 10.9. The van der Waals surface area contributed by atoms with Gasteiger partial charge in [0.15, 0.2) is 0 Å². The number of hydrogen-bond donors (Lipinski definition) is 0. The third-order valence-corrected chi connectivity index (χ3v) is 2.78. The van der Waals surface area contributed by atoms with Crippen molar-refractivity contribution in [2.24, 2.45) is 0 Å². The minimum Gasteiger partial charge on any atom is -0.480 e. The highest BCUT2D eigenvalue weighted by atomic mass is 16.5. The van der Waals surface area contributed by atoms with Crippen LogP contribution in [-0.4, -0.2) is 12.9 Å². The maximum absolute atomic E-state index is 10.9. The molecule has 0 fully saturated rings. The molecule has 0 saturated carbocycles. The predicted octanol–water partition coefficient (Wildman–Crippen LogP) is 3.22. The largest absolute Gasteiger partial charge is 0.480 e. The van der Waals surface area contributed by atoms with Crippen molar-refractivity contribution in [1.29, 1.82) is 0 Å². The molecule has 0 N–H and O–H groups in total. The van der Waals surface area contributed by atoms with Gasteiger partial charge in [-0.3, -0.25) is 4.79 Å². The molecule has 1 aromatic rings. The molecule has 0 atom stereocenters. The van der Waals surface area contributed by atoms with Gasteiger partial charge >= 0.3 is 0 Å². The van der Waals surface area contributed by atoms with E-state index >= 15 is 0 Å². The molecule has 0 radical (unpaired) electrons. The molecule has 0 spiro atoms. The van der Waals surface area contributed by atoms with Gasteiger partial charge in [0.05, 0.1) is 0 Å². The third kappa shape index (κ3) is 3.10. The smallest absolute Gasteiger partial charge is 0.150 e. The Morgan fingerprint density at radius 3 is 2.53 bits per heavy atom. The van der Waals surface area contributed by atoms with Crippen molar-refractivity contribution in [3.63, 3.8) is 0 Å². The first-order chi connectivity index (χ1) is 8.11. The van der Waals surface area contributed by atoms with Crippen LogP contribution in [0.3, 0.4) is 0 Å². The zero-order valence-electron chi connectivity index (χ0n) is 10.9. The first-order valence-electron chi connectivity index (χ1n) is 5.76. The lowest BCUT2D eigenvalue weighted by Crippen LogP contribution is -2.02. The van der Waals surface area contributed by atoms with E-state index < -0.39 is 0 Å². The summed E-state index contributed by atoms with van der Waals surface area (Å²) in [5.41, 5.74) is 3.70. The fourth-order valence-electron chi connectivity index (χ4n) is 1.72. The molecular formula is C15H18O2. The van der Waals surface area contributed by atoms with Crippen molar-refractivity contribution in [2.45, 2.75) is 34.1 Å². The summed E-state index contributed by atoms with van der Waals surface area (Å²) in [5.74, 6) is 6.75. The van der Waals surface area contributed by atoms with Crippen LogP contribution in [0.5, 0.6) is 5.75 Å². The van der Waals surface area contributed by atoms with Gasteiger partial charge in [-0.05, 0) is 43.5 Å². The Kier molecular flexibility index (Phi) is 4.78. The molecule has 0 aliphatic heterocycles. The molecule has 0 unspecified atom stereocenters. The Hall–Kier alpha value is -1.75. The molecule has 2 nitrogen and oxygen atoms in total. The van der Waals surface area contributed by atoms with E-state index in [4.69, 9.17) is 4.74 Å². The summed E-state index contributed by atoms with van der Waals surface area (Å²) in [4.78, 5) is 10.9. The Labute approximate surface area is 103 Å². The second-order valence-electron chi connectivity index (χ2n) is 3.98. The van der Waals surface area contributed by atoms with Crippen LogP contribution < -0.4 is 4.74 Å². The van der Waals surface area contributed by atoms with E-state index in [1.165, 1.54) is 0 Å². The molecule has 1 aromatic carbocycles. The molecule has 0 aromatic heterocycles. The summed E-state index contributed by atoms with van der Waals surface area (Å²) in [5, 5.41) is 0. The summed E-state index contributed by atoms with van der Waals surface area (Å²) < 4.78 is 5.66. The van der Waals surface area contributed by atoms with E-state index in [0.717, 1.165) is 40.7 Å². The Bertz CT molecular complexity index is 476. The SMILES string of the molecule is CCC#CCOc1c(C)cc(C=O)c(C)c1C. The molecule has 0 bridgehead atoms. The van der Waals surface area contributed by atoms with Crippen LogP contribution in [-0.2, 0) is 0 Å². The first kappa shape index (κ1) is 13.3. The lowest BCUT2D eigenvalue weighted by atomic mass is 9.99. The zero-order valence-corrected chi connectivity index (χ0v) is 10.9. The van der Waals surface area contributed by atoms with E-state index in [1.807, 2.05) is 33.8 Å². The fourth-order valence-corrected chi connectivity index (χ4v) is 1.72. The topological polar surface area (TPSA) is 26.3 Å². The van der Waals surface area contributed by atoms with Gasteiger partial charge in [-0.1, -0.05) is 12.8 Å². The molecule has 0 aliphatic carbocycles. The van der Waals surface area contributed by atoms with Crippen LogP contribution in [0.15, 0.2) is 6.07 Å². The fraction of sp³-hybridized carbons (Fsp3) is 0.400. The molecule has 0 aliphatic rings. The number of aldehydes is 1. The summed E-state index contributed by atoms with van der Waals surface area (Å²) in [6.07, 6.45) is 1.72. The van der Waals surface area contributed by atoms with E-state index in [-0.39, 0.29) is 0 Å². The van der Waals surface area contributed by atoms with Crippen LogP contribution >= 0.6 is 0 Å². The number of hydrogen-bond acceptors (Lipinski definition) is 2. The van der Waals surface area contributed by atoms with Gasteiger partial charge in [0, 0.05) is 12.0 Å². The van der Waals surface area contributed by atoms with Crippen LogP contribution in [0.1, 0.15) is 40.4 Å². The Morgan fingerprint density at radius 1 is 1.24 bits per heavy atom. The predicted molar refractivity (Wildman–Crippen MR) is 69.6 cm³/mol. The van der Waals surface area contributed by atoms with Gasteiger partial charge in [-0.2, -0.15) is 0 Å². The van der Waals surface area contributed by atoms with Crippen molar-refractivity contribution >= 4 is 6.29 Å². The molecular weight excluding hydrogens is 212 g/mol. The van der Waals surface area contributed by atoms with Crippen molar-refractivity contribution < 1.29 is 9.53 Å². The van der Waals surface area contributed by atoms with Gasteiger partial charge in [0.25, 0.3) is 0 Å². The van der Waals surface area contributed by atoms with Gasteiger partial charge in [-0.15, -0.1) is 5.92 Å². The lowest BCUT2D eigenvalue weighted by Gasteiger charge is -2.13. The maximum Gasteiger partial charge on any atom is 0.150 e. The van der Waals surface area contributed by atoms with E-state index in [2.05, 4.69) is 11.8 Å². The monoisotopic (exact) mass is 230 g/mol. The molecule has 1 rings (SSSR count). The van der Waals surface area contributed by atoms with Crippen LogP contribution in [0, 0.1) is 32.6 Å². The number of ether oxygens (including phenoxy) is 1. The number of carbonyl (C=O) groups excluding carboxylic acids is 1. The second-order valence-corrected chi connectivity index (χ2v) is 3.98. The normalized spacial score (nSPS) is 9.41. The lowest BCUT2D eigenvalue weighted by molar-refractivity contribution is 0.112. The average molecular weight is 230 g/mol. The Morgan fingerprint density at radius 2 is 1.94 bits per heavy atom. The minimum absolute atomic E-state index is 0.398. The highest BCUT2D eigenvalue weighted by molar-refractivity contribution is 5.79. The number of rotatable bonds is 3. The van der Waals surface area contributed by atoms with E-state index in [0.29, 0.717) is 6.61 Å². The summed E-state index contributed by atoms with van der Waals surface area (Å²) in [6.45, 7) is 8.25. The molecule has 0 heterocycles. The highest BCUT2D eigenvalue weighted by Crippen LogP contribution is 2.28. The molecule has 2 heteroatoms. The number of aryl methyl sites for hydroxylation is 1. The van der Waals surface area contributed by atoms with Gasteiger partial charge < -0.3 is 4.74 Å². The highest BCUT2D eigenvalue weighted by Gasteiger charge is 2.10.